The molecule has 0 bridgehead atoms. The highest BCUT2D eigenvalue weighted by atomic mass is 16.1. The van der Waals surface area contributed by atoms with Crippen LogP contribution in [0.1, 0.15) is 19.8 Å². The van der Waals surface area contributed by atoms with Crippen molar-refractivity contribution in [2.45, 2.75) is 19.8 Å². The van der Waals surface area contributed by atoms with Crippen LogP contribution in [-0.2, 0) is 4.79 Å². The Labute approximate surface area is 43.7 Å². The van der Waals surface area contributed by atoms with Gasteiger partial charge in [0, 0.05) is 5.92 Å². The molecule has 1 aliphatic carbocycles. The van der Waals surface area contributed by atoms with Gasteiger partial charge >= 0.3 is 0 Å². The Morgan fingerprint density at radius 2 is 2.57 bits per heavy atom. The van der Waals surface area contributed by atoms with Crippen LogP contribution in [0.3, 0.4) is 0 Å². The van der Waals surface area contributed by atoms with Crippen molar-refractivity contribution < 1.29 is 4.79 Å². The number of carbonyl (C=O) groups excluding carboxylic acids is 1. The molecule has 2 atom stereocenters. The molecule has 1 radical (unpaired) electrons. The lowest BCUT2D eigenvalue weighted by Crippen LogP contribution is -1.78. The molecular weight excluding hydrogens is 88.1 g/mol. The SMILES string of the molecule is CCC1CC1[C]=O. The zero-order chi connectivity index (χ0) is 5.28. The molecule has 1 fully saturated rings. The highest BCUT2D eigenvalue weighted by Gasteiger charge is 2.35. The fraction of sp³-hybridized carbons (Fsp3) is 0.833. The van der Waals surface area contributed by atoms with Gasteiger partial charge in [0.15, 0.2) is 0 Å². The second-order valence-electron chi connectivity index (χ2n) is 2.13. The summed E-state index contributed by atoms with van der Waals surface area (Å²) in [4.78, 5) is 9.81. The number of hydrogen-bond acceptors (Lipinski definition) is 1. The predicted octanol–water partition coefficient (Wildman–Crippen LogP) is 1.14. The maximum Gasteiger partial charge on any atom is 0.202 e. The van der Waals surface area contributed by atoms with E-state index in [9.17, 15) is 4.79 Å². The highest BCUT2D eigenvalue weighted by Crippen LogP contribution is 2.38. The zero-order valence-electron chi connectivity index (χ0n) is 4.48. The monoisotopic (exact) mass is 97.1 g/mol. The Bertz CT molecular complexity index is 78.2. The lowest BCUT2D eigenvalue weighted by atomic mass is 10.3. The first-order chi connectivity index (χ1) is 3.38. The molecule has 0 N–H and O–H groups in total. The van der Waals surface area contributed by atoms with Crippen LogP contribution in [0.2, 0.25) is 0 Å². The molecule has 0 amide bonds. The van der Waals surface area contributed by atoms with Crippen molar-refractivity contribution in [3.05, 3.63) is 0 Å². The second kappa shape index (κ2) is 1.65. The Morgan fingerprint density at radius 3 is 2.71 bits per heavy atom. The Morgan fingerprint density at radius 1 is 1.86 bits per heavy atom. The minimum absolute atomic E-state index is 0.310. The zero-order valence-corrected chi connectivity index (χ0v) is 4.48. The average molecular weight is 97.1 g/mol. The lowest BCUT2D eigenvalue weighted by Gasteiger charge is -1.77. The van der Waals surface area contributed by atoms with Crippen LogP contribution in [0.5, 0.6) is 0 Å². The van der Waals surface area contributed by atoms with Crippen molar-refractivity contribution in [2.75, 3.05) is 0 Å². The fourth-order valence-corrected chi connectivity index (χ4v) is 0.843. The van der Waals surface area contributed by atoms with Crippen molar-refractivity contribution >= 4 is 6.29 Å². The van der Waals surface area contributed by atoms with Crippen molar-refractivity contribution in [3.63, 3.8) is 0 Å². The summed E-state index contributed by atoms with van der Waals surface area (Å²) in [5.41, 5.74) is 0. The van der Waals surface area contributed by atoms with Gasteiger partial charge in [0.1, 0.15) is 0 Å². The van der Waals surface area contributed by atoms with E-state index in [0.717, 1.165) is 12.8 Å². The molecule has 39 valence electrons. The minimum Gasteiger partial charge on any atom is -0.291 e. The summed E-state index contributed by atoms with van der Waals surface area (Å²) in [6.07, 6.45) is 4.24. The largest absolute Gasteiger partial charge is 0.291 e. The summed E-state index contributed by atoms with van der Waals surface area (Å²) in [5, 5.41) is 0. The Hall–Kier alpha value is -0.330. The van der Waals surface area contributed by atoms with Crippen LogP contribution in [-0.4, -0.2) is 6.29 Å². The van der Waals surface area contributed by atoms with Gasteiger partial charge < -0.3 is 0 Å². The maximum absolute atomic E-state index is 9.81. The van der Waals surface area contributed by atoms with E-state index in [1.807, 2.05) is 6.29 Å². The van der Waals surface area contributed by atoms with Crippen LogP contribution in [0.25, 0.3) is 0 Å². The topological polar surface area (TPSA) is 17.1 Å². The van der Waals surface area contributed by atoms with Crippen molar-refractivity contribution in [3.8, 4) is 0 Å². The molecule has 1 aliphatic rings. The highest BCUT2D eigenvalue weighted by molar-refractivity contribution is 5.58. The third-order valence-electron chi connectivity index (χ3n) is 1.60. The van der Waals surface area contributed by atoms with Crippen LogP contribution in [0.15, 0.2) is 0 Å². The summed E-state index contributed by atoms with van der Waals surface area (Å²) >= 11 is 0. The Kier molecular flexibility index (Phi) is 1.13. The van der Waals surface area contributed by atoms with Gasteiger partial charge in [-0.2, -0.15) is 0 Å². The molecule has 1 nitrogen and oxygen atoms in total. The predicted molar refractivity (Wildman–Crippen MR) is 27.6 cm³/mol. The molecule has 0 aromatic heterocycles. The lowest BCUT2D eigenvalue weighted by molar-refractivity contribution is 0.544. The first kappa shape index (κ1) is 4.82. The van der Waals surface area contributed by atoms with E-state index in [2.05, 4.69) is 6.92 Å². The summed E-state index contributed by atoms with van der Waals surface area (Å²) in [5.74, 6) is 1.00. The van der Waals surface area contributed by atoms with Crippen LogP contribution in [0.4, 0.5) is 0 Å². The van der Waals surface area contributed by atoms with E-state index >= 15 is 0 Å². The molecular formula is C6H9O. The smallest absolute Gasteiger partial charge is 0.202 e. The first-order valence-corrected chi connectivity index (χ1v) is 2.76. The third kappa shape index (κ3) is 0.817. The molecule has 0 aromatic carbocycles. The molecule has 1 heteroatoms. The summed E-state index contributed by atoms with van der Waals surface area (Å²) in [6, 6.07) is 0. The van der Waals surface area contributed by atoms with Gasteiger partial charge in [-0.1, -0.05) is 13.3 Å². The van der Waals surface area contributed by atoms with Gasteiger partial charge in [0.05, 0.1) is 0 Å². The molecule has 1 rings (SSSR count). The molecule has 0 saturated heterocycles. The standard InChI is InChI=1S/C6H9O/c1-2-5-3-6(5)4-7/h5-6H,2-3H2,1H3. The van der Waals surface area contributed by atoms with Gasteiger partial charge in [0.25, 0.3) is 0 Å². The summed E-state index contributed by atoms with van der Waals surface area (Å²) in [6.45, 7) is 2.11. The molecule has 0 aromatic rings. The van der Waals surface area contributed by atoms with E-state index in [0.29, 0.717) is 11.8 Å². The van der Waals surface area contributed by atoms with E-state index in [1.165, 1.54) is 0 Å². The minimum atomic E-state index is 0.310. The van der Waals surface area contributed by atoms with Crippen molar-refractivity contribution in [1.29, 1.82) is 0 Å². The third-order valence-corrected chi connectivity index (χ3v) is 1.60. The van der Waals surface area contributed by atoms with Gasteiger partial charge in [-0.3, -0.25) is 4.79 Å². The normalized spacial score (nSPS) is 37.9. The molecule has 7 heavy (non-hydrogen) atoms. The van der Waals surface area contributed by atoms with E-state index < -0.39 is 0 Å². The molecule has 0 heterocycles. The van der Waals surface area contributed by atoms with Crippen molar-refractivity contribution in [2.24, 2.45) is 11.8 Å². The molecule has 1 saturated carbocycles. The fourth-order valence-electron chi connectivity index (χ4n) is 0.843. The second-order valence-corrected chi connectivity index (χ2v) is 2.13. The first-order valence-electron chi connectivity index (χ1n) is 2.76. The molecule has 2 unspecified atom stereocenters. The quantitative estimate of drug-likeness (QED) is 0.505. The van der Waals surface area contributed by atoms with Gasteiger partial charge in [-0.25, -0.2) is 0 Å². The van der Waals surface area contributed by atoms with Crippen LogP contribution < -0.4 is 0 Å². The van der Waals surface area contributed by atoms with Gasteiger partial charge in [-0.15, -0.1) is 0 Å². The average Bonchev–Trinajstić information content (AvgIpc) is 2.43. The number of rotatable bonds is 2. The van der Waals surface area contributed by atoms with Gasteiger partial charge in [0.2, 0.25) is 6.29 Å². The summed E-state index contributed by atoms with van der Waals surface area (Å²) in [7, 11) is 0. The van der Waals surface area contributed by atoms with E-state index in [-0.39, 0.29) is 0 Å². The molecule has 0 aliphatic heterocycles. The Balaban J connectivity index is 2.17. The molecule has 0 spiro atoms. The van der Waals surface area contributed by atoms with Gasteiger partial charge in [-0.05, 0) is 12.3 Å². The summed E-state index contributed by atoms with van der Waals surface area (Å²) < 4.78 is 0. The maximum atomic E-state index is 9.81. The van der Waals surface area contributed by atoms with Crippen LogP contribution >= 0.6 is 0 Å². The van der Waals surface area contributed by atoms with Crippen LogP contribution in [0, 0.1) is 11.8 Å². The van der Waals surface area contributed by atoms with E-state index in [1.54, 1.807) is 0 Å². The van der Waals surface area contributed by atoms with E-state index in [4.69, 9.17) is 0 Å². The number of hydrogen-bond donors (Lipinski definition) is 0. The van der Waals surface area contributed by atoms with Crippen molar-refractivity contribution in [1.82, 2.24) is 0 Å².